The Balaban J connectivity index is 1.49. The van der Waals surface area contributed by atoms with Gasteiger partial charge in [-0.25, -0.2) is 14.6 Å². The molecule has 0 N–H and O–H groups in total. The van der Waals surface area contributed by atoms with E-state index in [-0.39, 0.29) is 11.9 Å². The lowest BCUT2D eigenvalue weighted by Crippen LogP contribution is -2.30. The fourth-order valence-corrected chi connectivity index (χ4v) is 4.42. The van der Waals surface area contributed by atoms with Gasteiger partial charge in [0.25, 0.3) is 0 Å². The molecule has 6 nitrogen and oxygen atoms in total. The number of likely N-dealkylation sites (N-methyl/N-ethyl adjacent to an activating group) is 1. The molecule has 2 aromatic heterocycles. The summed E-state index contributed by atoms with van der Waals surface area (Å²) in [7, 11) is 1.86. The van der Waals surface area contributed by atoms with Gasteiger partial charge in [-0.3, -0.25) is 4.79 Å². The molecule has 0 aliphatic carbocycles. The molecule has 1 unspecified atom stereocenters. The van der Waals surface area contributed by atoms with Gasteiger partial charge in [-0.05, 0) is 38.5 Å². The second kappa shape index (κ2) is 8.81. The van der Waals surface area contributed by atoms with Gasteiger partial charge in [-0.2, -0.15) is 5.10 Å². The number of nitrogens with zero attached hydrogens (tertiary/aromatic N) is 5. The molecule has 0 saturated carbocycles. The van der Waals surface area contributed by atoms with E-state index in [2.05, 4.69) is 41.3 Å². The number of amides is 1. The summed E-state index contributed by atoms with van der Waals surface area (Å²) < 4.78 is 1.71. The first-order chi connectivity index (χ1) is 14.9. The first-order valence-corrected chi connectivity index (χ1v) is 11.0. The Bertz CT molecular complexity index is 1160. The van der Waals surface area contributed by atoms with Gasteiger partial charge >= 0.3 is 0 Å². The van der Waals surface area contributed by atoms with Gasteiger partial charge in [0.1, 0.15) is 12.7 Å². The van der Waals surface area contributed by atoms with Crippen molar-refractivity contribution in [1.82, 2.24) is 24.6 Å². The highest BCUT2D eigenvalue weighted by Crippen LogP contribution is 2.30. The van der Waals surface area contributed by atoms with E-state index in [1.165, 1.54) is 11.9 Å². The lowest BCUT2D eigenvalue weighted by Gasteiger charge is -2.25. The number of aromatic nitrogens is 4. The van der Waals surface area contributed by atoms with Crippen LogP contribution in [-0.2, 0) is 11.2 Å². The molecule has 31 heavy (non-hydrogen) atoms. The Kier molecular flexibility index (Phi) is 5.95. The van der Waals surface area contributed by atoms with E-state index in [0.717, 1.165) is 32.4 Å². The maximum Gasteiger partial charge on any atom is 0.228 e. The maximum atomic E-state index is 13.1. The molecule has 0 saturated heterocycles. The van der Waals surface area contributed by atoms with E-state index in [1.54, 1.807) is 27.2 Å². The van der Waals surface area contributed by atoms with Crippen molar-refractivity contribution >= 4 is 17.2 Å². The van der Waals surface area contributed by atoms with E-state index in [0.29, 0.717) is 6.42 Å². The molecule has 0 spiro atoms. The number of rotatable bonds is 6. The molecule has 158 valence electrons. The van der Waals surface area contributed by atoms with E-state index >= 15 is 0 Å². The molecule has 0 aliphatic rings. The summed E-state index contributed by atoms with van der Waals surface area (Å²) in [5, 5.41) is 5.12. The molecular formula is C24H25N5OS. The van der Waals surface area contributed by atoms with Gasteiger partial charge in [0.2, 0.25) is 5.91 Å². The van der Waals surface area contributed by atoms with Crippen LogP contribution in [0.4, 0.5) is 0 Å². The number of thiazole rings is 1. The SMILES string of the molecule is Cc1ccc(-c2nc(C)sc2CC(=O)N(C)C(C)c2ccc(-n3cncn3)cc2)cc1. The van der Waals surface area contributed by atoms with Gasteiger partial charge < -0.3 is 4.90 Å². The topological polar surface area (TPSA) is 63.9 Å². The van der Waals surface area contributed by atoms with Gasteiger partial charge in [-0.1, -0.05) is 42.0 Å². The van der Waals surface area contributed by atoms with Crippen LogP contribution in [0.1, 0.15) is 34.0 Å². The summed E-state index contributed by atoms with van der Waals surface area (Å²) >= 11 is 1.59. The summed E-state index contributed by atoms with van der Waals surface area (Å²) in [6.07, 6.45) is 3.51. The Morgan fingerprint density at radius 3 is 2.45 bits per heavy atom. The van der Waals surface area contributed by atoms with Crippen molar-refractivity contribution in [1.29, 1.82) is 0 Å². The van der Waals surface area contributed by atoms with Crippen LogP contribution in [0.3, 0.4) is 0 Å². The van der Waals surface area contributed by atoms with Crippen LogP contribution < -0.4 is 0 Å². The summed E-state index contributed by atoms with van der Waals surface area (Å²) in [6.45, 7) is 6.09. The number of carbonyl (C=O) groups is 1. The van der Waals surface area contributed by atoms with Crippen molar-refractivity contribution in [2.75, 3.05) is 7.05 Å². The fraction of sp³-hybridized carbons (Fsp3) is 0.250. The molecule has 2 aromatic carbocycles. The van der Waals surface area contributed by atoms with Crippen molar-refractivity contribution in [3.63, 3.8) is 0 Å². The van der Waals surface area contributed by atoms with Crippen LogP contribution in [0.15, 0.2) is 61.2 Å². The number of carbonyl (C=O) groups excluding carboxylic acids is 1. The lowest BCUT2D eigenvalue weighted by atomic mass is 10.1. The minimum atomic E-state index is -0.0471. The molecule has 0 bridgehead atoms. The summed E-state index contributed by atoms with van der Waals surface area (Å²) in [5.74, 6) is 0.0739. The first kappa shape index (κ1) is 20.9. The van der Waals surface area contributed by atoms with Crippen molar-refractivity contribution < 1.29 is 4.79 Å². The molecule has 1 amide bonds. The Morgan fingerprint density at radius 2 is 1.81 bits per heavy atom. The molecule has 7 heteroatoms. The third-order valence-electron chi connectivity index (χ3n) is 5.47. The molecule has 2 heterocycles. The maximum absolute atomic E-state index is 13.1. The number of benzene rings is 2. The highest BCUT2D eigenvalue weighted by atomic mass is 32.1. The zero-order valence-corrected chi connectivity index (χ0v) is 18.9. The Hall–Kier alpha value is -3.32. The molecule has 0 aliphatic heterocycles. The van der Waals surface area contributed by atoms with Crippen LogP contribution in [0, 0.1) is 13.8 Å². The van der Waals surface area contributed by atoms with Crippen molar-refractivity contribution in [3.05, 3.63) is 82.2 Å². The van der Waals surface area contributed by atoms with E-state index in [9.17, 15) is 4.79 Å². The number of hydrogen-bond donors (Lipinski definition) is 0. The normalized spacial score (nSPS) is 12.0. The first-order valence-electron chi connectivity index (χ1n) is 10.2. The van der Waals surface area contributed by atoms with Crippen LogP contribution in [-0.4, -0.2) is 37.6 Å². The minimum Gasteiger partial charge on any atom is -0.339 e. The van der Waals surface area contributed by atoms with Gasteiger partial charge in [0, 0.05) is 17.5 Å². The number of hydrogen-bond acceptors (Lipinski definition) is 5. The molecule has 4 aromatic rings. The minimum absolute atomic E-state index is 0.0471. The van der Waals surface area contributed by atoms with Gasteiger partial charge in [-0.15, -0.1) is 11.3 Å². The highest BCUT2D eigenvalue weighted by Gasteiger charge is 2.21. The average Bonchev–Trinajstić information content (AvgIpc) is 3.43. The molecular weight excluding hydrogens is 406 g/mol. The van der Waals surface area contributed by atoms with E-state index in [4.69, 9.17) is 4.98 Å². The second-order valence-electron chi connectivity index (χ2n) is 7.66. The third kappa shape index (κ3) is 4.56. The molecule has 1 atom stereocenters. The summed E-state index contributed by atoms with van der Waals surface area (Å²) in [4.78, 5) is 24.6. The standard InChI is InChI=1S/C24H25N5OS/c1-16-5-7-20(8-6-16)24-22(31-18(3)27-24)13-23(30)28(4)17(2)19-9-11-21(12-10-19)29-15-25-14-26-29/h5-12,14-15,17H,13H2,1-4H3. The van der Waals surface area contributed by atoms with Crippen molar-refractivity contribution in [2.24, 2.45) is 0 Å². The monoisotopic (exact) mass is 431 g/mol. The summed E-state index contributed by atoms with van der Waals surface area (Å²) in [5.41, 5.74) is 5.17. The molecule has 4 rings (SSSR count). The van der Waals surface area contributed by atoms with Crippen LogP contribution in [0.25, 0.3) is 16.9 Å². The summed E-state index contributed by atoms with van der Waals surface area (Å²) in [6, 6.07) is 16.3. The zero-order valence-electron chi connectivity index (χ0n) is 18.1. The average molecular weight is 432 g/mol. The molecule has 0 radical (unpaired) electrons. The predicted octanol–water partition coefficient (Wildman–Crippen LogP) is 4.77. The van der Waals surface area contributed by atoms with Crippen molar-refractivity contribution in [2.45, 2.75) is 33.2 Å². The van der Waals surface area contributed by atoms with E-state index in [1.807, 2.05) is 45.2 Å². The van der Waals surface area contributed by atoms with E-state index < -0.39 is 0 Å². The van der Waals surface area contributed by atoms with Gasteiger partial charge in [0.15, 0.2) is 0 Å². The quantitative estimate of drug-likeness (QED) is 0.441. The number of aryl methyl sites for hydroxylation is 2. The van der Waals surface area contributed by atoms with Crippen LogP contribution >= 0.6 is 11.3 Å². The van der Waals surface area contributed by atoms with Crippen LogP contribution in [0.5, 0.6) is 0 Å². The van der Waals surface area contributed by atoms with Crippen LogP contribution in [0.2, 0.25) is 0 Å². The fourth-order valence-electron chi connectivity index (χ4n) is 3.47. The largest absolute Gasteiger partial charge is 0.339 e. The third-order valence-corrected chi connectivity index (χ3v) is 6.44. The van der Waals surface area contributed by atoms with Crippen molar-refractivity contribution in [3.8, 4) is 16.9 Å². The zero-order chi connectivity index (χ0) is 22.0. The predicted molar refractivity (Wildman–Crippen MR) is 123 cm³/mol. The second-order valence-corrected chi connectivity index (χ2v) is 8.95. The molecule has 0 fully saturated rings. The smallest absolute Gasteiger partial charge is 0.228 e. The Morgan fingerprint density at radius 1 is 1.10 bits per heavy atom. The van der Waals surface area contributed by atoms with Gasteiger partial charge in [0.05, 0.1) is 28.9 Å². The highest BCUT2D eigenvalue weighted by molar-refractivity contribution is 7.12. The lowest BCUT2D eigenvalue weighted by molar-refractivity contribution is -0.131. The Labute approximate surface area is 186 Å².